The van der Waals surface area contributed by atoms with Crippen LogP contribution in [0.25, 0.3) is 0 Å². The van der Waals surface area contributed by atoms with Crippen molar-refractivity contribution in [1.82, 2.24) is 0 Å². The predicted molar refractivity (Wildman–Crippen MR) is 74.7 cm³/mol. The first-order valence-corrected chi connectivity index (χ1v) is 6.90. The number of halogens is 3. The Morgan fingerprint density at radius 2 is 1.90 bits per heavy atom. The van der Waals surface area contributed by atoms with E-state index in [1.54, 1.807) is 6.07 Å². The Balaban J connectivity index is 2.21. The highest BCUT2D eigenvalue weighted by atomic mass is 32.1. The number of nitrogens with two attached hydrogens (primary N) is 1. The van der Waals surface area contributed by atoms with Crippen molar-refractivity contribution in [2.75, 3.05) is 5.73 Å². The van der Waals surface area contributed by atoms with Gasteiger partial charge in [0.1, 0.15) is 5.75 Å². The molecule has 0 saturated heterocycles. The molecule has 0 aliphatic heterocycles. The minimum Gasteiger partial charge on any atom is -0.406 e. The number of aryl methyl sites for hydroxylation is 1. The summed E-state index contributed by atoms with van der Waals surface area (Å²) >= 11 is 1.33. The van der Waals surface area contributed by atoms with Gasteiger partial charge in [-0.2, -0.15) is 0 Å². The fourth-order valence-electron chi connectivity index (χ4n) is 1.77. The lowest BCUT2D eigenvalue weighted by molar-refractivity contribution is -0.274. The number of carbonyl (C=O) groups is 1. The Kier molecular flexibility index (Phi) is 4.22. The summed E-state index contributed by atoms with van der Waals surface area (Å²) in [6.45, 7) is 1.95. The van der Waals surface area contributed by atoms with Crippen molar-refractivity contribution >= 4 is 22.1 Å². The molecule has 7 heteroatoms. The number of hydrogen-bond donors (Lipinski definition) is 1. The van der Waals surface area contributed by atoms with Gasteiger partial charge < -0.3 is 10.5 Å². The van der Waals surface area contributed by atoms with Crippen molar-refractivity contribution < 1.29 is 22.7 Å². The lowest BCUT2D eigenvalue weighted by Gasteiger charge is -2.08. The van der Waals surface area contributed by atoms with Gasteiger partial charge in [0.2, 0.25) is 0 Å². The zero-order chi connectivity index (χ0) is 15.6. The first-order valence-electron chi connectivity index (χ1n) is 6.09. The molecule has 2 aromatic rings. The molecule has 0 aliphatic rings. The number of ketones is 1. The zero-order valence-corrected chi connectivity index (χ0v) is 11.8. The first-order chi connectivity index (χ1) is 9.80. The van der Waals surface area contributed by atoms with Crippen molar-refractivity contribution in [2.45, 2.75) is 19.7 Å². The number of rotatable bonds is 4. The van der Waals surface area contributed by atoms with E-state index in [-0.39, 0.29) is 17.1 Å². The van der Waals surface area contributed by atoms with E-state index >= 15 is 0 Å². The summed E-state index contributed by atoms with van der Waals surface area (Å²) in [5, 5.41) is 0.410. The monoisotopic (exact) mass is 315 g/mol. The molecular weight excluding hydrogens is 303 g/mol. The normalized spacial score (nSPS) is 11.4. The number of thiophene rings is 1. The molecule has 2 N–H and O–H groups in total. The number of carbonyl (C=O) groups excluding carboxylic acids is 1. The molecule has 0 aliphatic carbocycles. The van der Waals surface area contributed by atoms with Gasteiger partial charge in [-0.05, 0) is 36.8 Å². The summed E-state index contributed by atoms with van der Waals surface area (Å²) in [7, 11) is 0. The quantitative estimate of drug-likeness (QED) is 0.867. The second-order valence-electron chi connectivity index (χ2n) is 4.25. The minimum absolute atomic E-state index is 0.261. The molecule has 112 valence electrons. The summed E-state index contributed by atoms with van der Waals surface area (Å²) in [6.07, 6.45) is -3.99. The molecule has 2 rings (SSSR count). The van der Waals surface area contributed by atoms with Crippen LogP contribution in [-0.4, -0.2) is 12.1 Å². The maximum Gasteiger partial charge on any atom is 0.573 e. The summed E-state index contributed by atoms with van der Waals surface area (Å²) < 4.78 is 39.9. The van der Waals surface area contributed by atoms with E-state index in [2.05, 4.69) is 4.74 Å². The molecule has 0 radical (unpaired) electrons. The predicted octanol–water partition coefficient (Wildman–Crippen LogP) is 4.02. The fraction of sp³-hybridized carbons (Fsp3) is 0.214. The average Bonchev–Trinajstić information content (AvgIpc) is 2.78. The summed E-state index contributed by atoms with van der Waals surface area (Å²) in [5.74, 6) is -0.686. The average molecular weight is 315 g/mol. The molecule has 0 saturated carbocycles. The second kappa shape index (κ2) is 5.77. The van der Waals surface area contributed by atoms with Crippen LogP contribution in [0, 0.1) is 0 Å². The number of nitrogen functional groups attached to an aromatic ring is 1. The molecule has 0 fully saturated rings. The van der Waals surface area contributed by atoms with Gasteiger partial charge in [0, 0.05) is 10.4 Å². The van der Waals surface area contributed by atoms with E-state index in [0.717, 1.165) is 23.4 Å². The Labute approximate surface area is 123 Å². The van der Waals surface area contributed by atoms with E-state index in [4.69, 9.17) is 5.73 Å². The van der Waals surface area contributed by atoms with Crippen molar-refractivity contribution in [3.63, 3.8) is 0 Å². The number of hydrogen-bond acceptors (Lipinski definition) is 4. The fourth-order valence-corrected chi connectivity index (χ4v) is 2.64. The molecule has 1 aromatic heterocycles. The number of alkyl halides is 3. The van der Waals surface area contributed by atoms with Gasteiger partial charge in [-0.3, -0.25) is 4.79 Å². The van der Waals surface area contributed by atoms with E-state index in [1.165, 1.54) is 23.5 Å². The van der Waals surface area contributed by atoms with Crippen LogP contribution in [0.15, 0.2) is 30.3 Å². The molecule has 0 atom stereocenters. The Hall–Kier alpha value is -2.02. The van der Waals surface area contributed by atoms with Gasteiger partial charge in [0.25, 0.3) is 0 Å². The van der Waals surface area contributed by atoms with E-state index in [1.807, 2.05) is 6.92 Å². The maximum atomic E-state index is 12.3. The number of ether oxygens (including phenoxy) is 1. The summed E-state index contributed by atoms with van der Waals surface area (Å²) in [4.78, 5) is 13.2. The van der Waals surface area contributed by atoms with Crippen molar-refractivity contribution in [2.24, 2.45) is 0 Å². The minimum atomic E-state index is -4.75. The van der Waals surface area contributed by atoms with Gasteiger partial charge in [-0.25, -0.2) is 0 Å². The zero-order valence-electron chi connectivity index (χ0n) is 11.0. The van der Waals surface area contributed by atoms with E-state index in [0.29, 0.717) is 10.6 Å². The highest BCUT2D eigenvalue weighted by Crippen LogP contribution is 2.28. The smallest absolute Gasteiger partial charge is 0.406 e. The third kappa shape index (κ3) is 3.75. The lowest BCUT2D eigenvalue weighted by Crippen LogP contribution is -2.17. The van der Waals surface area contributed by atoms with Crippen molar-refractivity contribution in [1.29, 1.82) is 0 Å². The molecule has 1 heterocycles. The van der Waals surface area contributed by atoms with Crippen LogP contribution in [0.1, 0.15) is 27.7 Å². The van der Waals surface area contributed by atoms with Crippen molar-refractivity contribution in [3.05, 3.63) is 46.3 Å². The Morgan fingerprint density at radius 1 is 1.29 bits per heavy atom. The standard InChI is InChI=1S/C14H12F3NO2S/c1-2-10-7-11(13(18)21-10)12(19)8-3-5-9(6-4-8)20-14(15,16)17/h3-7H,2,18H2,1H3. The molecule has 21 heavy (non-hydrogen) atoms. The Morgan fingerprint density at radius 3 is 2.38 bits per heavy atom. The van der Waals surface area contributed by atoms with Gasteiger partial charge in [-0.15, -0.1) is 24.5 Å². The lowest BCUT2D eigenvalue weighted by atomic mass is 10.0. The topological polar surface area (TPSA) is 52.3 Å². The van der Waals surface area contributed by atoms with Gasteiger partial charge in [0.15, 0.2) is 5.78 Å². The van der Waals surface area contributed by atoms with Gasteiger partial charge in [0.05, 0.1) is 10.6 Å². The number of benzene rings is 1. The second-order valence-corrected chi connectivity index (χ2v) is 5.41. The highest BCUT2D eigenvalue weighted by Gasteiger charge is 2.31. The van der Waals surface area contributed by atoms with Gasteiger partial charge >= 0.3 is 6.36 Å². The molecule has 1 aromatic carbocycles. The van der Waals surface area contributed by atoms with Crippen LogP contribution in [-0.2, 0) is 6.42 Å². The molecular formula is C14H12F3NO2S. The summed E-state index contributed by atoms with van der Waals surface area (Å²) in [5.41, 5.74) is 6.43. The molecule has 0 bridgehead atoms. The molecule has 0 unspecified atom stereocenters. The van der Waals surface area contributed by atoms with E-state index in [9.17, 15) is 18.0 Å². The Bertz CT molecular complexity index is 647. The van der Waals surface area contributed by atoms with Crippen LogP contribution in [0.4, 0.5) is 18.2 Å². The highest BCUT2D eigenvalue weighted by molar-refractivity contribution is 7.16. The molecule has 3 nitrogen and oxygen atoms in total. The third-order valence-corrected chi connectivity index (χ3v) is 3.86. The third-order valence-electron chi connectivity index (χ3n) is 2.76. The maximum absolute atomic E-state index is 12.3. The van der Waals surface area contributed by atoms with Gasteiger partial charge in [-0.1, -0.05) is 6.92 Å². The first kappa shape index (κ1) is 15.4. The molecule has 0 amide bonds. The molecule has 0 spiro atoms. The van der Waals surface area contributed by atoms with Crippen LogP contribution in [0.5, 0.6) is 5.75 Å². The van der Waals surface area contributed by atoms with Crippen LogP contribution in [0.3, 0.4) is 0 Å². The SMILES string of the molecule is CCc1cc(C(=O)c2ccc(OC(F)(F)F)cc2)c(N)s1. The van der Waals surface area contributed by atoms with E-state index < -0.39 is 6.36 Å². The number of anilines is 1. The van der Waals surface area contributed by atoms with Crippen LogP contribution in [0.2, 0.25) is 0 Å². The van der Waals surface area contributed by atoms with Crippen LogP contribution >= 0.6 is 11.3 Å². The van der Waals surface area contributed by atoms with Crippen molar-refractivity contribution in [3.8, 4) is 5.75 Å². The summed E-state index contributed by atoms with van der Waals surface area (Å²) in [6, 6.07) is 6.48. The largest absolute Gasteiger partial charge is 0.573 e. The van der Waals surface area contributed by atoms with Crippen LogP contribution < -0.4 is 10.5 Å².